The molecule has 0 unspecified atom stereocenters. The predicted octanol–water partition coefficient (Wildman–Crippen LogP) is 1.92. The maximum Gasteiger partial charge on any atom is 0.356 e. The van der Waals surface area contributed by atoms with Gasteiger partial charge in [0.05, 0.1) is 0 Å². The van der Waals surface area contributed by atoms with Gasteiger partial charge in [-0.05, 0) is 18.6 Å². The monoisotopic (exact) mass is 256 g/mol. The summed E-state index contributed by atoms with van der Waals surface area (Å²) in [5, 5.41) is 8.68. The molecule has 0 aliphatic carbocycles. The van der Waals surface area contributed by atoms with Crippen LogP contribution >= 0.6 is 17.0 Å². The fraction of sp³-hybridized carbons (Fsp3) is 0.111. The summed E-state index contributed by atoms with van der Waals surface area (Å²) in [6.45, 7) is 1.94. The van der Waals surface area contributed by atoms with Gasteiger partial charge >= 0.3 is 5.97 Å². The Morgan fingerprint density at radius 1 is 1.43 bits per heavy atom. The topological polar surface area (TPSA) is 54.6 Å². The fourth-order valence-corrected chi connectivity index (χ4v) is 1.21. The lowest BCUT2D eigenvalue weighted by molar-refractivity contribution is 0.0691. The Morgan fingerprint density at radius 3 is 2.79 bits per heavy atom. The Bertz CT molecular complexity index is 479. The molecule has 14 heavy (non-hydrogen) atoms. The highest BCUT2D eigenvalue weighted by molar-refractivity contribution is 8.93. The summed E-state index contributed by atoms with van der Waals surface area (Å²) in [4.78, 5) is 14.5. The first-order chi connectivity index (χ1) is 6.16. The van der Waals surface area contributed by atoms with Crippen LogP contribution in [0.1, 0.15) is 16.1 Å². The van der Waals surface area contributed by atoms with Gasteiger partial charge in [-0.2, -0.15) is 0 Å². The molecule has 0 aliphatic rings. The lowest BCUT2D eigenvalue weighted by Crippen LogP contribution is -1.94. The lowest BCUT2D eigenvalue weighted by Gasteiger charge is -1.92. The van der Waals surface area contributed by atoms with Crippen LogP contribution in [0.4, 0.5) is 0 Å². The second-order valence-corrected chi connectivity index (χ2v) is 2.90. The third kappa shape index (κ3) is 1.77. The van der Waals surface area contributed by atoms with Gasteiger partial charge in [0.1, 0.15) is 5.65 Å². The van der Waals surface area contributed by atoms with E-state index in [0.717, 1.165) is 5.56 Å². The van der Waals surface area contributed by atoms with Crippen LogP contribution in [0.5, 0.6) is 0 Å². The molecule has 0 amide bonds. The van der Waals surface area contributed by atoms with Gasteiger partial charge in [-0.25, -0.2) is 9.78 Å². The highest BCUT2D eigenvalue weighted by Crippen LogP contribution is 2.06. The maximum absolute atomic E-state index is 10.6. The molecule has 2 heterocycles. The number of hydrogen-bond donors (Lipinski definition) is 1. The van der Waals surface area contributed by atoms with E-state index in [1.54, 1.807) is 10.5 Å². The summed E-state index contributed by atoms with van der Waals surface area (Å²) >= 11 is 0. The number of carboxylic acid groups (broad SMARTS) is 1. The van der Waals surface area contributed by atoms with Crippen molar-refractivity contribution in [3.05, 3.63) is 35.8 Å². The Labute approximate surface area is 91.0 Å². The zero-order chi connectivity index (χ0) is 9.42. The number of halogens is 1. The van der Waals surface area contributed by atoms with Crippen molar-refractivity contribution in [2.24, 2.45) is 0 Å². The van der Waals surface area contributed by atoms with E-state index in [-0.39, 0.29) is 22.7 Å². The van der Waals surface area contributed by atoms with Gasteiger partial charge in [-0.1, -0.05) is 6.07 Å². The van der Waals surface area contributed by atoms with Crippen LogP contribution in [0.25, 0.3) is 5.65 Å². The normalized spacial score (nSPS) is 9.79. The predicted molar refractivity (Wildman–Crippen MR) is 57.2 cm³/mol. The third-order valence-electron chi connectivity index (χ3n) is 1.82. The van der Waals surface area contributed by atoms with Crippen molar-refractivity contribution in [1.82, 2.24) is 9.38 Å². The molecule has 5 heteroatoms. The van der Waals surface area contributed by atoms with E-state index in [4.69, 9.17) is 5.11 Å². The minimum absolute atomic E-state index is 0. The molecule has 0 spiro atoms. The van der Waals surface area contributed by atoms with Crippen LogP contribution in [0.2, 0.25) is 0 Å². The quantitative estimate of drug-likeness (QED) is 0.849. The molecule has 0 saturated carbocycles. The number of carbonyl (C=O) groups is 1. The molecule has 74 valence electrons. The number of pyridine rings is 1. The average molecular weight is 257 g/mol. The van der Waals surface area contributed by atoms with Crippen LogP contribution in [-0.4, -0.2) is 20.5 Å². The Hall–Kier alpha value is -1.36. The number of rotatable bonds is 1. The summed E-state index contributed by atoms with van der Waals surface area (Å²) < 4.78 is 1.71. The number of hydrogen-bond acceptors (Lipinski definition) is 2. The molecule has 0 aliphatic heterocycles. The Kier molecular flexibility index (Phi) is 2.90. The molecule has 2 rings (SSSR count). The average Bonchev–Trinajstić information content (AvgIpc) is 2.46. The van der Waals surface area contributed by atoms with Crippen LogP contribution in [0, 0.1) is 6.92 Å². The first-order valence-corrected chi connectivity index (χ1v) is 3.85. The van der Waals surface area contributed by atoms with Crippen molar-refractivity contribution >= 4 is 28.6 Å². The van der Waals surface area contributed by atoms with E-state index in [0.29, 0.717) is 5.65 Å². The highest BCUT2D eigenvalue weighted by Gasteiger charge is 2.07. The van der Waals surface area contributed by atoms with Crippen molar-refractivity contribution < 1.29 is 9.90 Å². The van der Waals surface area contributed by atoms with Gasteiger partial charge in [-0.3, -0.25) is 0 Å². The fourth-order valence-electron chi connectivity index (χ4n) is 1.21. The minimum atomic E-state index is -0.999. The standard InChI is InChI=1S/C9H8N2O2.BrH/c1-6-2-3-8-10-7(9(12)13)5-11(8)4-6;/h2-5H,1H3,(H,12,13);1H. The molecular weight excluding hydrogens is 248 g/mol. The van der Waals surface area contributed by atoms with Crippen LogP contribution in [0.15, 0.2) is 24.5 Å². The number of aryl methyl sites for hydroxylation is 1. The van der Waals surface area contributed by atoms with Crippen LogP contribution in [0.3, 0.4) is 0 Å². The van der Waals surface area contributed by atoms with Crippen molar-refractivity contribution in [2.75, 3.05) is 0 Å². The minimum Gasteiger partial charge on any atom is -0.476 e. The summed E-state index contributed by atoms with van der Waals surface area (Å²) in [7, 11) is 0. The number of carboxylic acids is 1. The molecule has 4 nitrogen and oxygen atoms in total. The van der Waals surface area contributed by atoms with Crippen molar-refractivity contribution in [3.8, 4) is 0 Å². The number of aromatic carboxylic acids is 1. The molecule has 1 N–H and O–H groups in total. The van der Waals surface area contributed by atoms with Crippen molar-refractivity contribution in [1.29, 1.82) is 0 Å². The second-order valence-electron chi connectivity index (χ2n) is 2.90. The van der Waals surface area contributed by atoms with Gasteiger partial charge < -0.3 is 9.51 Å². The molecular formula is C9H9BrN2O2. The molecule has 0 radical (unpaired) electrons. The van der Waals surface area contributed by atoms with E-state index >= 15 is 0 Å². The second kappa shape index (κ2) is 3.79. The van der Waals surface area contributed by atoms with E-state index in [1.807, 2.05) is 19.2 Å². The summed E-state index contributed by atoms with van der Waals surface area (Å²) in [6.07, 6.45) is 3.35. The van der Waals surface area contributed by atoms with Gasteiger partial charge in [0.25, 0.3) is 0 Å². The Balaban J connectivity index is 0.000000980. The highest BCUT2D eigenvalue weighted by atomic mass is 79.9. The van der Waals surface area contributed by atoms with E-state index in [9.17, 15) is 4.79 Å². The Morgan fingerprint density at radius 2 is 2.14 bits per heavy atom. The zero-order valence-corrected chi connectivity index (χ0v) is 9.18. The maximum atomic E-state index is 10.6. The van der Waals surface area contributed by atoms with Crippen molar-refractivity contribution in [2.45, 2.75) is 6.92 Å². The molecule has 0 atom stereocenters. The number of aromatic nitrogens is 2. The van der Waals surface area contributed by atoms with Gasteiger partial charge in [-0.15, -0.1) is 17.0 Å². The summed E-state index contributed by atoms with van der Waals surface area (Å²) in [5.74, 6) is -0.999. The third-order valence-corrected chi connectivity index (χ3v) is 1.82. The number of imidazole rings is 1. The van der Waals surface area contributed by atoms with E-state index in [2.05, 4.69) is 4.98 Å². The van der Waals surface area contributed by atoms with Gasteiger partial charge in [0.15, 0.2) is 5.69 Å². The molecule has 0 bridgehead atoms. The first-order valence-electron chi connectivity index (χ1n) is 3.85. The van der Waals surface area contributed by atoms with E-state index in [1.165, 1.54) is 6.20 Å². The van der Waals surface area contributed by atoms with E-state index < -0.39 is 5.97 Å². The number of fused-ring (bicyclic) bond motifs is 1. The number of nitrogens with zero attached hydrogens (tertiary/aromatic N) is 2. The first kappa shape index (κ1) is 10.7. The molecule has 2 aromatic heterocycles. The largest absolute Gasteiger partial charge is 0.476 e. The summed E-state index contributed by atoms with van der Waals surface area (Å²) in [5.41, 5.74) is 1.80. The SMILES string of the molecule is Br.Cc1ccc2nc(C(=O)O)cn2c1. The van der Waals surface area contributed by atoms with Crippen LogP contribution in [-0.2, 0) is 0 Å². The summed E-state index contributed by atoms with van der Waals surface area (Å²) in [6, 6.07) is 3.69. The molecule has 0 fully saturated rings. The molecule has 0 saturated heterocycles. The molecule has 0 aromatic carbocycles. The van der Waals surface area contributed by atoms with Gasteiger partial charge in [0.2, 0.25) is 0 Å². The van der Waals surface area contributed by atoms with Crippen LogP contribution < -0.4 is 0 Å². The lowest BCUT2D eigenvalue weighted by atomic mass is 10.3. The smallest absolute Gasteiger partial charge is 0.356 e. The van der Waals surface area contributed by atoms with Crippen molar-refractivity contribution in [3.63, 3.8) is 0 Å². The zero-order valence-electron chi connectivity index (χ0n) is 7.47. The van der Waals surface area contributed by atoms with Gasteiger partial charge in [0, 0.05) is 12.4 Å². The molecule has 2 aromatic rings.